The van der Waals surface area contributed by atoms with Crippen molar-refractivity contribution in [2.45, 2.75) is 45.5 Å². The first-order chi connectivity index (χ1) is 4.88. The molecule has 1 heteroatoms. The third-order valence-corrected chi connectivity index (χ3v) is 5.80. The Hall–Kier alpha value is -0.0431. The largest absolute Gasteiger partial charge is 0.103 e. The first kappa shape index (κ1) is 11.0. The molecule has 0 aromatic heterocycles. The quantitative estimate of drug-likeness (QED) is 0.443. The van der Waals surface area contributed by atoms with Gasteiger partial charge in [-0.05, 0) is 17.9 Å². The van der Waals surface area contributed by atoms with Crippen LogP contribution in [0.2, 0.25) is 25.2 Å². The van der Waals surface area contributed by atoms with Gasteiger partial charge in [0.05, 0.1) is 0 Å². The van der Waals surface area contributed by atoms with Crippen molar-refractivity contribution in [3.8, 4) is 0 Å². The van der Waals surface area contributed by atoms with Crippen LogP contribution >= 0.6 is 0 Å². The molecule has 11 heavy (non-hydrogen) atoms. The molecule has 0 fully saturated rings. The maximum atomic E-state index is 3.81. The topological polar surface area (TPSA) is 0 Å². The fourth-order valence-electron chi connectivity index (χ4n) is 1.01. The van der Waals surface area contributed by atoms with Crippen LogP contribution in [0.4, 0.5) is 0 Å². The van der Waals surface area contributed by atoms with E-state index >= 15 is 0 Å². The van der Waals surface area contributed by atoms with E-state index in [1.165, 1.54) is 6.42 Å². The second kappa shape index (κ2) is 4.10. The summed E-state index contributed by atoms with van der Waals surface area (Å²) in [5.41, 5.74) is 0.912. The summed E-state index contributed by atoms with van der Waals surface area (Å²) in [6.45, 7) is 15.8. The Bertz CT molecular complexity index is 121. The minimum absolute atomic E-state index is 0.691. The lowest BCUT2D eigenvalue weighted by molar-refractivity contribution is 0.622. The van der Waals surface area contributed by atoms with Gasteiger partial charge >= 0.3 is 0 Å². The van der Waals surface area contributed by atoms with Crippen molar-refractivity contribution >= 4 is 8.07 Å². The third-order valence-electron chi connectivity index (χ3n) is 2.61. The van der Waals surface area contributed by atoms with Crippen LogP contribution in [0.15, 0.2) is 12.7 Å². The highest BCUT2D eigenvalue weighted by atomic mass is 28.3. The van der Waals surface area contributed by atoms with Gasteiger partial charge in [0.1, 0.15) is 0 Å². The lowest BCUT2D eigenvalue weighted by Gasteiger charge is -2.26. The molecular formula is C10H22Si. The van der Waals surface area contributed by atoms with Crippen molar-refractivity contribution < 1.29 is 0 Å². The van der Waals surface area contributed by atoms with Crippen LogP contribution in [0.1, 0.15) is 20.3 Å². The molecule has 0 aliphatic heterocycles. The minimum atomic E-state index is -0.887. The average molecular weight is 170 g/mol. The molecule has 0 radical (unpaired) electrons. The monoisotopic (exact) mass is 170 g/mol. The average Bonchev–Trinajstić information content (AvgIpc) is 1.85. The van der Waals surface area contributed by atoms with Crippen LogP contribution < -0.4 is 0 Å². The Balaban J connectivity index is 3.87. The normalized spacial score (nSPS) is 17.5. The molecule has 0 aromatic carbocycles. The van der Waals surface area contributed by atoms with E-state index in [9.17, 15) is 0 Å². The summed E-state index contributed by atoms with van der Waals surface area (Å²) in [6, 6.07) is 0. The van der Waals surface area contributed by atoms with E-state index in [1.54, 1.807) is 0 Å². The maximum absolute atomic E-state index is 3.81. The van der Waals surface area contributed by atoms with Gasteiger partial charge in [0.15, 0.2) is 0 Å². The van der Waals surface area contributed by atoms with Crippen LogP contribution in [0, 0.1) is 5.92 Å². The standard InChI is InChI=1S/C10H22Si/c1-7-9(2)8-10(3)11(4,5)6/h7,9-10H,1,8H2,2-6H3/t9-,10-/m1/s1. The van der Waals surface area contributed by atoms with E-state index in [0.717, 1.165) is 5.54 Å². The molecule has 0 heterocycles. The van der Waals surface area contributed by atoms with Crippen molar-refractivity contribution in [1.29, 1.82) is 0 Å². The van der Waals surface area contributed by atoms with Gasteiger partial charge in [-0.1, -0.05) is 39.6 Å². The van der Waals surface area contributed by atoms with E-state index in [1.807, 2.05) is 0 Å². The number of rotatable bonds is 4. The Labute approximate surface area is 72.7 Å². The Morgan fingerprint density at radius 1 is 1.27 bits per heavy atom. The van der Waals surface area contributed by atoms with Gasteiger partial charge in [-0.25, -0.2) is 0 Å². The molecule has 0 aliphatic carbocycles. The zero-order valence-electron chi connectivity index (χ0n) is 8.65. The number of allylic oxidation sites excluding steroid dienone is 1. The Morgan fingerprint density at radius 3 is 2.00 bits per heavy atom. The molecule has 0 spiro atoms. The predicted molar refractivity (Wildman–Crippen MR) is 56.7 cm³/mol. The minimum Gasteiger partial charge on any atom is -0.103 e. The van der Waals surface area contributed by atoms with Crippen LogP contribution in [0.3, 0.4) is 0 Å². The Kier molecular flexibility index (Phi) is 4.08. The summed E-state index contributed by atoms with van der Waals surface area (Å²) in [4.78, 5) is 0. The van der Waals surface area contributed by atoms with Crippen molar-refractivity contribution in [3.05, 3.63) is 12.7 Å². The van der Waals surface area contributed by atoms with Crippen LogP contribution in [-0.4, -0.2) is 8.07 Å². The lowest BCUT2D eigenvalue weighted by atomic mass is 10.1. The summed E-state index contributed by atoms with van der Waals surface area (Å²) >= 11 is 0. The Morgan fingerprint density at radius 2 is 1.73 bits per heavy atom. The van der Waals surface area contributed by atoms with Crippen LogP contribution in [0.5, 0.6) is 0 Å². The molecule has 0 N–H and O–H groups in total. The molecule has 0 bridgehead atoms. The van der Waals surface area contributed by atoms with Gasteiger partial charge in [0, 0.05) is 8.07 Å². The molecule has 2 atom stereocenters. The molecule has 0 rings (SSSR count). The van der Waals surface area contributed by atoms with Gasteiger partial charge in [0.25, 0.3) is 0 Å². The van der Waals surface area contributed by atoms with E-state index in [4.69, 9.17) is 0 Å². The molecule has 0 amide bonds. The van der Waals surface area contributed by atoms with Gasteiger partial charge < -0.3 is 0 Å². The summed E-state index contributed by atoms with van der Waals surface area (Å²) in [6.07, 6.45) is 3.38. The smallest absolute Gasteiger partial charge is 0.0471 e. The fourth-order valence-corrected chi connectivity index (χ4v) is 2.09. The second-order valence-corrected chi connectivity index (χ2v) is 10.4. The predicted octanol–water partition coefficient (Wildman–Crippen LogP) is 3.93. The SMILES string of the molecule is C=C[C@@H](C)C[C@@H](C)[Si](C)(C)C. The molecule has 0 saturated carbocycles. The molecule has 0 aromatic rings. The van der Waals surface area contributed by atoms with E-state index in [0.29, 0.717) is 5.92 Å². The number of hydrogen-bond acceptors (Lipinski definition) is 0. The first-order valence-electron chi connectivity index (χ1n) is 4.50. The number of hydrogen-bond donors (Lipinski definition) is 0. The van der Waals surface area contributed by atoms with Crippen LogP contribution in [0.25, 0.3) is 0 Å². The van der Waals surface area contributed by atoms with Crippen molar-refractivity contribution in [1.82, 2.24) is 0 Å². The van der Waals surface area contributed by atoms with E-state index in [2.05, 4.69) is 46.1 Å². The summed E-state index contributed by atoms with van der Waals surface area (Å²) < 4.78 is 0. The van der Waals surface area contributed by atoms with E-state index in [-0.39, 0.29) is 0 Å². The van der Waals surface area contributed by atoms with Crippen molar-refractivity contribution in [2.75, 3.05) is 0 Å². The second-order valence-electron chi connectivity index (χ2n) is 4.72. The zero-order chi connectivity index (χ0) is 9.07. The highest BCUT2D eigenvalue weighted by molar-refractivity contribution is 6.77. The molecule has 0 nitrogen and oxygen atoms in total. The third kappa shape index (κ3) is 4.41. The molecule has 66 valence electrons. The lowest BCUT2D eigenvalue weighted by Crippen LogP contribution is -2.27. The molecule has 0 unspecified atom stereocenters. The van der Waals surface area contributed by atoms with Crippen molar-refractivity contribution in [3.63, 3.8) is 0 Å². The molecule has 0 saturated heterocycles. The zero-order valence-corrected chi connectivity index (χ0v) is 9.65. The van der Waals surface area contributed by atoms with Gasteiger partial charge in [-0.2, -0.15) is 0 Å². The maximum Gasteiger partial charge on any atom is 0.0471 e. The highest BCUT2D eigenvalue weighted by Gasteiger charge is 2.22. The summed E-state index contributed by atoms with van der Waals surface area (Å²) in [7, 11) is -0.887. The molecule has 0 aliphatic rings. The fraction of sp³-hybridized carbons (Fsp3) is 0.800. The first-order valence-corrected chi connectivity index (χ1v) is 8.08. The summed E-state index contributed by atoms with van der Waals surface area (Å²) in [5, 5.41) is 0. The highest BCUT2D eigenvalue weighted by Crippen LogP contribution is 2.28. The van der Waals surface area contributed by atoms with Gasteiger partial charge in [-0.3, -0.25) is 0 Å². The van der Waals surface area contributed by atoms with Crippen molar-refractivity contribution in [2.24, 2.45) is 5.92 Å². The van der Waals surface area contributed by atoms with E-state index < -0.39 is 8.07 Å². The summed E-state index contributed by atoms with van der Waals surface area (Å²) in [5.74, 6) is 0.691. The molecular weight excluding hydrogens is 148 g/mol. The van der Waals surface area contributed by atoms with Crippen LogP contribution in [-0.2, 0) is 0 Å². The van der Waals surface area contributed by atoms with Gasteiger partial charge in [0.2, 0.25) is 0 Å². The van der Waals surface area contributed by atoms with Gasteiger partial charge in [-0.15, -0.1) is 6.58 Å².